The zero-order chi connectivity index (χ0) is 19.6. The minimum atomic E-state index is -0.951. The molecule has 1 heterocycles. The largest absolute Gasteiger partial charge is 0.350 e. The summed E-state index contributed by atoms with van der Waals surface area (Å²) >= 11 is 0. The summed E-state index contributed by atoms with van der Waals surface area (Å²) in [4.78, 5) is 24.8. The highest BCUT2D eigenvalue weighted by atomic mass is 19.2. The van der Waals surface area contributed by atoms with E-state index in [0.717, 1.165) is 23.2 Å². The number of halogens is 2. The highest BCUT2D eigenvalue weighted by molar-refractivity contribution is 5.78. The number of carbonyl (C=O) groups excluding carboxylic acids is 1. The van der Waals surface area contributed by atoms with Gasteiger partial charge in [-0.1, -0.05) is 18.2 Å². The summed E-state index contributed by atoms with van der Waals surface area (Å²) in [6.07, 6.45) is 0.103. The van der Waals surface area contributed by atoms with E-state index >= 15 is 0 Å². The second-order valence-electron chi connectivity index (χ2n) is 6.38. The Balaban J connectivity index is 1.71. The molecule has 3 aromatic rings. The van der Waals surface area contributed by atoms with Crippen molar-refractivity contribution in [3.8, 4) is 0 Å². The average molecular weight is 373 g/mol. The Bertz CT molecular complexity index is 1040. The molecule has 2 aromatic carbocycles. The van der Waals surface area contributed by atoms with Crippen molar-refractivity contribution in [3.63, 3.8) is 0 Å². The first-order chi connectivity index (χ1) is 12.9. The zero-order valence-corrected chi connectivity index (χ0v) is 15.2. The SMILES string of the molecule is CCn1c(=O)n(CCC(=O)NC(C)c2ccc(F)c(F)c2)c2ccccc21. The normalized spacial score (nSPS) is 12.3. The first-order valence-corrected chi connectivity index (χ1v) is 8.84. The molecule has 27 heavy (non-hydrogen) atoms. The molecule has 1 unspecified atom stereocenters. The van der Waals surface area contributed by atoms with Crippen molar-refractivity contribution in [1.82, 2.24) is 14.5 Å². The number of imidazole rings is 1. The molecule has 0 aliphatic heterocycles. The molecule has 7 heteroatoms. The number of para-hydroxylation sites is 2. The minimum Gasteiger partial charge on any atom is -0.350 e. The van der Waals surface area contributed by atoms with Gasteiger partial charge < -0.3 is 5.32 Å². The van der Waals surface area contributed by atoms with Crippen molar-refractivity contribution in [3.05, 3.63) is 70.1 Å². The fraction of sp³-hybridized carbons (Fsp3) is 0.300. The lowest BCUT2D eigenvalue weighted by Gasteiger charge is -2.14. The Kier molecular flexibility index (Phi) is 5.39. The lowest BCUT2D eigenvalue weighted by Crippen LogP contribution is -2.30. The Morgan fingerprint density at radius 2 is 1.74 bits per heavy atom. The fourth-order valence-corrected chi connectivity index (χ4v) is 3.19. The third-order valence-corrected chi connectivity index (χ3v) is 4.62. The Morgan fingerprint density at radius 3 is 2.37 bits per heavy atom. The number of benzene rings is 2. The molecule has 0 spiro atoms. The summed E-state index contributed by atoms with van der Waals surface area (Å²) in [6.45, 7) is 4.38. The van der Waals surface area contributed by atoms with Crippen LogP contribution in [0.15, 0.2) is 47.3 Å². The van der Waals surface area contributed by atoms with E-state index in [0.29, 0.717) is 12.1 Å². The maximum absolute atomic E-state index is 13.3. The topological polar surface area (TPSA) is 56.0 Å². The Labute approximate surface area is 155 Å². The van der Waals surface area contributed by atoms with Gasteiger partial charge in [0.1, 0.15) is 0 Å². The summed E-state index contributed by atoms with van der Waals surface area (Å²) in [5, 5.41) is 2.75. The number of nitrogens with zero attached hydrogens (tertiary/aromatic N) is 2. The highest BCUT2D eigenvalue weighted by Crippen LogP contribution is 2.17. The second-order valence-corrected chi connectivity index (χ2v) is 6.38. The van der Waals surface area contributed by atoms with Gasteiger partial charge in [0, 0.05) is 19.5 Å². The second kappa shape index (κ2) is 7.73. The number of fused-ring (bicyclic) bond motifs is 1. The van der Waals surface area contributed by atoms with E-state index < -0.39 is 17.7 Å². The van der Waals surface area contributed by atoms with Gasteiger partial charge >= 0.3 is 5.69 Å². The molecule has 0 radical (unpaired) electrons. The number of hydrogen-bond donors (Lipinski definition) is 1. The van der Waals surface area contributed by atoms with E-state index in [1.807, 2.05) is 31.2 Å². The number of nitrogens with one attached hydrogen (secondary N) is 1. The first kappa shape index (κ1) is 18.8. The van der Waals surface area contributed by atoms with Crippen LogP contribution in [0.25, 0.3) is 11.0 Å². The third-order valence-electron chi connectivity index (χ3n) is 4.62. The van der Waals surface area contributed by atoms with Crippen LogP contribution in [-0.4, -0.2) is 15.0 Å². The number of hydrogen-bond acceptors (Lipinski definition) is 2. The van der Waals surface area contributed by atoms with Gasteiger partial charge in [0.2, 0.25) is 5.91 Å². The van der Waals surface area contributed by atoms with Crippen LogP contribution in [0.3, 0.4) is 0 Å². The molecule has 0 aliphatic carbocycles. The maximum atomic E-state index is 13.3. The quantitative estimate of drug-likeness (QED) is 0.720. The minimum absolute atomic E-state index is 0.103. The summed E-state index contributed by atoms with van der Waals surface area (Å²) in [5.41, 5.74) is 1.94. The molecule has 1 atom stereocenters. The molecule has 1 aromatic heterocycles. The van der Waals surface area contributed by atoms with Gasteiger partial charge in [-0.15, -0.1) is 0 Å². The van der Waals surface area contributed by atoms with Gasteiger partial charge in [-0.2, -0.15) is 0 Å². The van der Waals surface area contributed by atoms with E-state index in [1.54, 1.807) is 16.1 Å². The third kappa shape index (κ3) is 3.77. The number of carbonyl (C=O) groups is 1. The molecule has 0 bridgehead atoms. The number of aryl methyl sites for hydroxylation is 2. The standard InChI is InChI=1S/C20H21F2N3O2/c1-3-24-17-6-4-5-7-18(17)25(20(24)27)11-10-19(26)23-13(2)14-8-9-15(21)16(22)12-14/h4-9,12-13H,3,10-11H2,1-2H3,(H,23,26). The van der Waals surface area contributed by atoms with Crippen LogP contribution in [0.2, 0.25) is 0 Å². The molecule has 1 amide bonds. The van der Waals surface area contributed by atoms with Crippen LogP contribution in [0.1, 0.15) is 31.9 Å². The van der Waals surface area contributed by atoms with Gasteiger partial charge in [-0.05, 0) is 43.7 Å². The lowest BCUT2D eigenvalue weighted by atomic mass is 10.1. The highest BCUT2D eigenvalue weighted by Gasteiger charge is 2.15. The van der Waals surface area contributed by atoms with Crippen molar-refractivity contribution in [2.75, 3.05) is 0 Å². The number of aromatic nitrogens is 2. The van der Waals surface area contributed by atoms with Crippen molar-refractivity contribution < 1.29 is 13.6 Å². The Hall–Kier alpha value is -2.96. The van der Waals surface area contributed by atoms with Crippen LogP contribution in [0.4, 0.5) is 8.78 Å². The van der Waals surface area contributed by atoms with E-state index in [2.05, 4.69) is 5.32 Å². The van der Waals surface area contributed by atoms with Crippen LogP contribution in [0.5, 0.6) is 0 Å². The molecule has 142 valence electrons. The number of rotatable bonds is 6. The van der Waals surface area contributed by atoms with Crippen molar-refractivity contribution in [2.45, 2.75) is 39.4 Å². The van der Waals surface area contributed by atoms with E-state index in [1.165, 1.54) is 6.07 Å². The van der Waals surface area contributed by atoms with E-state index in [-0.39, 0.29) is 24.6 Å². The van der Waals surface area contributed by atoms with Crippen LogP contribution in [-0.2, 0) is 17.9 Å². The Morgan fingerprint density at radius 1 is 1.07 bits per heavy atom. The predicted molar refractivity (Wildman–Crippen MR) is 99.4 cm³/mol. The van der Waals surface area contributed by atoms with Crippen LogP contribution in [0, 0.1) is 11.6 Å². The van der Waals surface area contributed by atoms with Gasteiger partial charge in [0.15, 0.2) is 11.6 Å². The van der Waals surface area contributed by atoms with E-state index in [4.69, 9.17) is 0 Å². The molecule has 0 saturated carbocycles. The van der Waals surface area contributed by atoms with Crippen molar-refractivity contribution in [1.29, 1.82) is 0 Å². The monoisotopic (exact) mass is 373 g/mol. The van der Waals surface area contributed by atoms with Gasteiger partial charge in [-0.3, -0.25) is 13.9 Å². The molecule has 0 aliphatic rings. The van der Waals surface area contributed by atoms with Crippen molar-refractivity contribution in [2.24, 2.45) is 0 Å². The molecular weight excluding hydrogens is 352 g/mol. The number of amides is 1. The molecule has 0 saturated heterocycles. The van der Waals surface area contributed by atoms with Crippen LogP contribution < -0.4 is 11.0 Å². The van der Waals surface area contributed by atoms with Gasteiger partial charge in [0.25, 0.3) is 0 Å². The predicted octanol–water partition coefficient (Wildman–Crippen LogP) is 3.37. The summed E-state index contributed by atoms with van der Waals surface area (Å²) in [6, 6.07) is 10.5. The van der Waals surface area contributed by atoms with E-state index in [9.17, 15) is 18.4 Å². The van der Waals surface area contributed by atoms with Gasteiger partial charge in [-0.25, -0.2) is 13.6 Å². The zero-order valence-electron chi connectivity index (χ0n) is 15.2. The first-order valence-electron chi connectivity index (χ1n) is 8.84. The van der Waals surface area contributed by atoms with Crippen molar-refractivity contribution >= 4 is 16.9 Å². The summed E-state index contributed by atoms with van der Waals surface area (Å²) in [5.74, 6) is -2.15. The molecule has 0 fully saturated rings. The lowest BCUT2D eigenvalue weighted by molar-refractivity contribution is -0.121. The molecule has 3 rings (SSSR count). The smallest absolute Gasteiger partial charge is 0.329 e. The maximum Gasteiger partial charge on any atom is 0.329 e. The van der Waals surface area contributed by atoms with Crippen LogP contribution >= 0.6 is 0 Å². The summed E-state index contributed by atoms with van der Waals surface area (Å²) < 4.78 is 29.6. The fourth-order valence-electron chi connectivity index (χ4n) is 3.19. The molecule has 5 nitrogen and oxygen atoms in total. The van der Waals surface area contributed by atoms with Gasteiger partial charge in [0.05, 0.1) is 17.1 Å². The molecule has 1 N–H and O–H groups in total. The molecular formula is C20H21F2N3O2. The summed E-state index contributed by atoms with van der Waals surface area (Å²) in [7, 11) is 0. The average Bonchev–Trinajstić information content (AvgIpc) is 2.92.